The second-order valence-corrected chi connectivity index (χ2v) is 14.5. The molecule has 0 aliphatic rings. The third-order valence-electron chi connectivity index (χ3n) is 4.61. The molecular formula is C26H24P2Pd. The molecule has 0 aliphatic carbocycles. The fourth-order valence-electron chi connectivity index (χ4n) is 3.13. The van der Waals surface area contributed by atoms with E-state index < -0.39 is 0 Å². The van der Waals surface area contributed by atoms with Crippen molar-refractivity contribution >= 4 is 37.1 Å². The van der Waals surface area contributed by atoms with Crippen molar-refractivity contribution in [2.45, 2.75) is 0 Å². The van der Waals surface area contributed by atoms with Crippen molar-refractivity contribution in [3.8, 4) is 0 Å². The molecule has 4 aromatic rings. The van der Waals surface area contributed by atoms with E-state index in [2.05, 4.69) is 121 Å². The van der Waals surface area contributed by atoms with Crippen LogP contribution in [0, 0.1) is 0 Å². The molecule has 0 nitrogen and oxygen atoms in total. The van der Waals surface area contributed by atoms with Crippen LogP contribution in [0.15, 0.2) is 121 Å². The average Bonchev–Trinajstić information content (AvgIpc) is 2.81. The first-order valence-electron chi connectivity index (χ1n) is 9.62. The van der Waals surface area contributed by atoms with Gasteiger partial charge in [0.2, 0.25) is 0 Å². The Morgan fingerprint density at radius 3 is 0.862 bits per heavy atom. The number of benzene rings is 4. The third kappa shape index (κ3) is 5.73. The Bertz CT molecular complexity index is 814. The van der Waals surface area contributed by atoms with E-state index in [9.17, 15) is 0 Å². The number of hydrogen-bond donors (Lipinski definition) is 0. The summed E-state index contributed by atoms with van der Waals surface area (Å²) < 4.78 is 2.58. The molecule has 0 N–H and O–H groups in total. The summed E-state index contributed by atoms with van der Waals surface area (Å²) in [4.78, 5) is 0. The van der Waals surface area contributed by atoms with Crippen molar-refractivity contribution < 1.29 is 18.0 Å². The fourth-order valence-corrected chi connectivity index (χ4v) is 13.7. The molecule has 148 valence electrons. The maximum atomic E-state index is 2.31. The molecule has 0 atom stereocenters. The van der Waals surface area contributed by atoms with Gasteiger partial charge in [0.05, 0.1) is 0 Å². The van der Waals surface area contributed by atoms with Crippen LogP contribution in [0.3, 0.4) is 0 Å². The zero-order chi connectivity index (χ0) is 19.7. The molecule has 0 spiro atoms. The first-order chi connectivity index (χ1) is 14.4. The van der Waals surface area contributed by atoms with Crippen molar-refractivity contribution in [1.29, 1.82) is 0 Å². The summed E-state index contributed by atoms with van der Waals surface area (Å²) in [5.74, 6) is 0. The molecule has 3 heteroatoms. The Labute approximate surface area is 185 Å². The molecule has 0 unspecified atom stereocenters. The molecule has 0 amide bonds. The van der Waals surface area contributed by atoms with Crippen LogP contribution < -0.4 is 21.2 Å². The molecule has 0 heterocycles. The van der Waals surface area contributed by atoms with Gasteiger partial charge in [0.15, 0.2) is 0 Å². The predicted octanol–water partition coefficient (Wildman–Crippen LogP) is 5.25. The number of rotatable bonds is 8. The molecule has 0 bridgehead atoms. The second-order valence-electron chi connectivity index (χ2n) is 6.56. The normalized spacial score (nSPS) is 11.2. The van der Waals surface area contributed by atoms with Gasteiger partial charge in [0.25, 0.3) is 0 Å². The van der Waals surface area contributed by atoms with E-state index in [-0.39, 0.29) is 15.8 Å². The van der Waals surface area contributed by atoms with Crippen LogP contribution >= 0.6 is 15.8 Å². The Morgan fingerprint density at radius 2 is 0.621 bits per heavy atom. The standard InChI is InChI=1S/2C13H12P.Pd/c2*1-14(12-8-4-2-5-9-12)13-10-6-3-7-11-13;/h2*2-11H,1H2;. The molecule has 0 aliphatic heterocycles. The van der Waals surface area contributed by atoms with Gasteiger partial charge >= 0.3 is 186 Å². The summed E-state index contributed by atoms with van der Waals surface area (Å²) in [7, 11) is -0.573. The SMILES string of the molecule is c1ccc(P([CH2][Pd][CH2]P(c2ccccc2)c2ccccc2)c2ccccc2)cc1. The van der Waals surface area contributed by atoms with Gasteiger partial charge in [-0.05, 0) is 0 Å². The molecule has 0 saturated carbocycles. The average molecular weight is 505 g/mol. The molecule has 0 saturated heterocycles. The fraction of sp³-hybridized carbons (Fsp3) is 0.0769. The van der Waals surface area contributed by atoms with E-state index in [0.29, 0.717) is 0 Å². The second kappa shape index (κ2) is 11.0. The summed E-state index contributed by atoms with van der Waals surface area (Å²) in [5.41, 5.74) is 0. The van der Waals surface area contributed by atoms with E-state index in [1.165, 1.54) is 30.5 Å². The van der Waals surface area contributed by atoms with Crippen molar-refractivity contribution in [1.82, 2.24) is 0 Å². The quantitative estimate of drug-likeness (QED) is 0.227. The van der Waals surface area contributed by atoms with E-state index in [4.69, 9.17) is 0 Å². The van der Waals surface area contributed by atoms with Gasteiger partial charge in [-0.2, -0.15) is 0 Å². The van der Waals surface area contributed by atoms with Crippen LogP contribution in [-0.2, 0) is 18.0 Å². The Morgan fingerprint density at radius 1 is 0.379 bits per heavy atom. The maximum absolute atomic E-state index is 2.31. The van der Waals surface area contributed by atoms with Gasteiger partial charge in [-0.3, -0.25) is 0 Å². The molecular weight excluding hydrogens is 481 g/mol. The topological polar surface area (TPSA) is 0 Å². The zero-order valence-corrected chi connectivity index (χ0v) is 19.5. The van der Waals surface area contributed by atoms with E-state index in [0.717, 1.165) is 18.0 Å². The van der Waals surface area contributed by atoms with Crippen molar-refractivity contribution in [3.63, 3.8) is 0 Å². The van der Waals surface area contributed by atoms with E-state index in [1.807, 2.05) is 0 Å². The molecule has 4 rings (SSSR count). The monoisotopic (exact) mass is 504 g/mol. The Balaban J connectivity index is 1.53. The van der Waals surface area contributed by atoms with Gasteiger partial charge in [0.1, 0.15) is 0 Å². The van der Waals surface area contributed by atoms with Crippen LogP contribution in [0.2, 0.25) is 0 Å². The Kier molecular flexibility index (Phi) is 7.82. The molecule has 0 fully saturated rings. The predicted molar refractivity (Wildman–Crippen MR) is 128 cm³/mol. The van der Waals surface area contributed by atoms with Gasteiger partial charge in [-0.25, -0.2) is 0 Å². The van der Waals surface area contributed by atoms with Crippen LogP contribution in [0.25, 0.3) is 0 Å². The van der Waals surface area contributed by atoms with Gasteiger partial charge < -0.3 is 0 Å². The number of hydrogen-bond acceptors (Lipinski definition) is 0. The van der Waals surface area contributed by atoms with Gasteiger partial charge in [0, 0.05) is 0 Å². The van der Waals surface area contributed by atoms with Crippen molar-refractivity contribution in [2.75, 3.05) is 9.27 Å². The first-order valence-corrected chi connectivity index (χ1v) is 14.9. The van der Waals surface area contributed by atoms with E-state index >= 15 is 0 Å². The summed E-state index contributed by atoms with van der Waals surface area (Å²) in [5, 5.41) is 5.98. The Hall–Kier alpha value is -1.60. The van der Waals surface area contributed by atoms with Crippen molar-refractivity contribution in [3.05, 3.63) is 121 Å². The van der Waals surface area contributed by atoms with E-state index in [1.54, 1.807) is 0 Å². The summed E-state index contributed by atoms with van der Waals surface area (Å²) in [6.45, 7) is 0. The van der Waals surface area contributed by atoms with Gasteiger partial charge in [-0.1, -0.05) is 0 Å². The molecule has 0 aromatic heterocycles. The third-order valence-corrected chi connectivity index (χ3v) is 14.0. The molecule has 29 heavy (non-hydrogen) atoms. The summed E-state index contributed by atoms with van der Waals surface area (Å²) >= 11 is 0.722. The van der Waals surface area contributed by atoms with Crippen molar-refractivity contribution in [2.24, 2.45) is 0 Å². The van der Waals surface area contributed by atoms with Crippen LogP contribution in [0.5, 0.6) is 0 Å². The molecule has 4 aromatic carbocycles. The molecule has 0 radical (unpaired) electrons. The van der Waals surface area contributed by atoms with Crippen LogP contribution in [0.4, 0.5) is 0 Å². The van der Waals surface area contributed by atoms with Gasteiger partial charge in [-0.15, -0.1) is 0 Å². The first kappa shape index (κ1) is 20.7. The zero-order valence-electron chi connectivity index (χ0n) is 16.2. The minimum atomic E-state index is -0.287. The summed E-state index contributed by atoms with van der Waals surface area (Å²) in [6, 6.07) is 44.4. The minimum absolute atomic E-state index is 0.287. The van der Waals surface area contributed by atoms with Crippen LogP contribution in [0.1, 0.15) is 0 Å². The summed E-state index contributed by atoms with van der Waals surface area (Å²) in [6.07, 6.45) is 0. The van der Waals surface area contributed by atoms with Crippen LogP contribution in [-0.4, -0.2) is 9.27 Å².